The SMILES string of the molecule is CC(C)CCC(C)NC(=O)CCc1nnc(-c2ccsc2)o1. The molecule has 0 spiro atoms. The molecule has 0 saturated heterocycles. The van der Waals surface area contributed by atoms with Crippen LogP contribution in [0.4, 0.5) is 0 Å². The zero-order valence-electron chi connectivity index (χ0n) is 13.3. The number of aryl methyl sites for hydroxylation is 1. The first-order chi connectivity index (χ1) is 10.5. The van der Waals surface area contributed by atoms with Gasteiger partial charge in [-0.2, -0.15) is 11.3 Å². The number of aromatic nitrogens is 2. The van der Waals surface area contributed by atoms with Gasteiger partial charge >= 0.3 is 0 Å². The Bertz CT molecular complexity index is 578. The van der Waals surface area contributed by atoms with Crippen molar-refractivity contribution < 1.29 is 9.21 Å². The van der Waals surface area contributed by atoms with Gasteiger partial charge in [0, 0.05) is 29.8 Å². The number of nitrogens with one attached hydrogen (secondary N) is 1. The molecular formula is C16H23N3O2S. The van der Waals surface area contributed by atoms with E-state index in [-0.39, 0.29) is 11.9 Å². The molecule has 6 heteroatoms. The number of amides is 1. The summed E-state index contributed by atoms with van der Waals surface area (Å²) in [5.41, 5.74) is 0.926. The van der Waals surface area contributed by atoms with Crippen molar-refractivity contribution in [2.24, 2.45) is 5.92 Å². The Morgan fingerprint density at radius 2 is 2.14 bits per heavy atom. The number of thiophene rings is 1. The highest BCUT2D eigenvalue weighted by Crippen LogP contribution is 2.20. The van der Waals surface area contributed by atoms with Crippen molar-refractivity contribution in [2.75, 3.05) is 0 Å². The molecule has 0 aromatic carbocycles. The third-order valence-corrected chi connectivity index (χ3v) is 4.07. The molecule has 1 amide bonds. The van der Waals surface area contributed by atoms with E-state index in [0.29, 0.717) is 30.5 Å². The van der Waals surface area contributed by atoms with Gasteiger partial charge in [0.1, 0.15) is 0 Å². The highest BCUT2D eigenvalue weighted by atomic mass is 32.1. The van der Waals surface area contributed by atoms with Crippen LogP contribution in [0, 0.1) is 5.92 Å². The van der Waals surface area contributed by atoms with Gasteiger partial charge in [-0.15, -0.1) is 10.2 Å². The lowest BCUT2D eigenvalue weighted by atomic mass is 10.0. The van der Waals surface area contributed by atoms with Gasteiger partial charge in [0.2, 0.25) is 17.7 Å². The summed E-state index contributed by atoms with van der Waals surface area (Å²) in [6, 6.07) is 2.14. The van der Waals surface area contributed by atoms with E-state index >= 15 is 0 Å². The van der Waals surface area contributed by atoms with Crippen LogP contribution in [-0.2, 0) is 11.2 Å². The van der Waals surface area contributed by atoms with E-state index in [1.54, 1.807) is 11.3 Å². The van der Waals surface area contributed by atoms with E-state index in [1.807, 2.05) is 23.8 Å². The summed E-state index contributed by atoms with van der Waals surface area (Å²) in [6.45, 7) is 6.42. The van der Waals surface area contributed by atoms with Crippen LogP contribution < -0.4 is 5.32 Å². The highest BCUT2D eigenvalue weighted by Gasteiger charge is 2.12. The van der Waals surface area contributed by atoms with Crippen molar-refractivity contribution in [3.63, 3.8) is 0 Å². The van der Waals surface area contributed by atoms with E-state index in [2.05, 4.69) is 29.4 Å². The molecule has 22 heavy (non-hydrogen) atoms. The van der Waals surface area contributed by atoms with Crippen LogP contribution in [0.3, 0.4) is 0 Å². The third-order valence-electron chi connectivity index (χ3n) is 3.39. The number of nitrogens with zero attached hydrogens (tertiary/aromatic N) is 2. The molecule has 120 valence electrons. The number of carbonyl (C=O) groups is 1. The Hall–Kier alpha value is -1.69. The van der Waals surface area contributed by atoms with Gasteiger partial charge in [-0.1, -0.05) is 13.8 Å². The van der Waals surface area contributed by atoms with E-state index in [9.17, 15) is 4.79 Å². The van der Waals surface area contributed by atoms with Gasteiger partial charge in [0.25, 0.3) is 0 Å². The molecule has 2 aromatic heterocycles. The van der Waals surface area contributed by atoms with Gasteiger partial charge < -0.3 is 9.73 Å². The average molecular weight is 321 g/mol. The first-order valence-electron chi connectivity index (χ1n) is 7.69. The van der Waals surface area contributed by atoms with E-state index in [0.717, 1.165) is 18.4 Å². The average Bonchev–Trinajstić information content (AvgIpc) is 3.13. The normalized spacial score (nSPS) is 12.5. The number of hydrogen-bond acceptors (Lipinski definition) is 5. The molecule has 2 rings (SSSR count). The lowest BCUT2D eigenvalue weighted by Crippen LogP contribution is -2.32. The minimum absolute atomic E-state index is 0.0338. The Morgan fingerprint density at radius 1 is 1.32 bits per heavy atom. The Kier molecular flexibility index (Phi) is 6.12. The molecular weight excluding hydrogens is 298 g/mol. The largest absolute Gasteiger partial charge is 0.421 e. The van der Waals surface area contributed by atoms with Crippen LogP contribution in [0.1, 0.15) is 45.9 Å². The molecule has 2 aromatic rings. The van der Waals surface area contributed by atoms with Crippen molar-refractivity contribution in [3.8, 4) is 11.5 Å². The van der Waals surface area contributed by atoms with Crippen LogP contribution in [-0.4, -0.2) is 22.1 Å². The first kappa shape index (κ1) is 16.7. The lowest BCUT2D eigenvalue weighted by molar-refractivity contribution is -0.121. The van der Waals surface area contributed by atoms with Gasteiger partial charge in [0.15, 0.2) is 0 Å². The van der Waals surface area contributed by atoms with E-state index < -0.39 is 0 Å². The second-order valence-electron chi connectivity index (χ2n) is 5.95. The molecule has 1 N–H and O–H groups in total. The molecule has 0 bridgehead atoms. The summed E-state index contributed by atoms with van der Waals surface area (Å²) < 4.78 is 5.57. The third kappa shape index (κ3) is 5.26. The minimum Gasteiger partial charge on any atom is -0.421 e. The fourth-order valence-corrected chi connectivity index (χ4v) is 2.71. The van der Waals surface area contributed by atoms with Crippen LogP contribution >= 0.6 is 11.3 Å². The molecule has 0 saturated carbocycles. The molecule has 0 fully saturated rings. The smallest absolute Gasteiger partial charge is 0.248 e. The van der Waals surface area contributed by atoms with Crippen LogP contribution in [0.25, 0.3) is 11.5 Å². The Balaban J connectivity index is 1.74. The Morgan fingerprint density at radius 3 is 2.82 bits per heavy atom. The summed E-state index contributed by atoms with van der Waals surface area (Å²) >= 11 is 1.58. The molecule has 1 atom stereocenters. The van der Waals surface area contributed by atoms with Gasteiger partial charge in [0.05, 0.1) is 0 Å². The van der Waals surface area contributed by atoms with Gasteiger partial charge in [-0.3, -0.25) is 4.79 Å². The summed E-state index contributed by atoms with van der Waals surface area (Å²) in [6.07, 6.45) is 2.97. The molecule has 0 aliphatic heterocycles. The predicted molar refractivity (Wildman–Crippen MR) is 87.6 cm³/mol. The van der Waals surface area contributed by atoms with Crippen molar-refractivity contribution >= 4 is 17.2 Å². The van der Waals surface area contributed by atoms with Crippen LogP contribution in [0.2, 0.25) is 0 Å². The standard InChI is InChI=1S/C16H23N3O2S/c1-11(2)4-5-12(3)17-14(20)6-7-15-18-19-16(21-15)13-8-9-22-10-13/h8-12H,4-7H2,1-3H3,(H,17,20). The van der Waals surface area contributed by atoms with Crippen molar-refractivity contribution in [1.29, 1.82) is 0 Å². The van der Waals surface area contributed by atoms with Crippen molar-refractivity contribution in [1.82, 2.24) is 15.5 Å². The molecule has 0 aliphatic rings. The molecule has 2 heterocycles. The maximum absolute atomic E-state index is 11.9. The summed E-state index contributed by atoms with van der Waals surface area (Å²) in [4.78, 5) is 11.9. The first-order valence-corrected chi connectivity index (χ1v) is 8.63. The summed E-state index contributed by atoms with van der Waals surface area (Å²) in [5, 5.41) is 14.9. The Labute approximate surface area is 135 Å². The monoisotopic (exact) mass is 321 g/mol. The predicted octanol–water partition coefficient (Wildman–Crippen LogP) is 3.67. The van der Waals surface area contributed by atoms with Gasteiger partial charge in [-0.25, -0.2) is 0 Å². The summed E-state index contributed by atoms with van der Waals surface area (Å²) in [5.74, 6) is 1.72. The van der Waals surface area contributed by atoms with Crippen molar-refractivity contribution in [3.05, 3.63) is 22.7 Å². The number of carbonyl (C=O) groups excluding carboxylic acids is 1. The van der Waals surface area contributed by atoms with E-state index in [4.69, 9.17) is 4.42 Å². The summed E-state index contributed by atoms with van der Waals surface area (Å²) in [7, 11) is 0. The molecule has 0 aliphatic carbocycles. The quantitative estimate of drug-likeness (QED) is 0.805. The fourth-order valence-electron chi connectivity index (χ4n) is 2.08. The van der Waals surface area contributed by atoms with Gasteiger partial charge in [-0.05, 0) is 37.1 Å². The maximum Gasteiger partial charge on any atom is 0.248 e. The van der Waals surface area contributed by atoms with Crippen molar-refractivity contribution in [2.45, 2.75) is 52.5 Å². The van der Waals surface area contributed by atoms with E-state index in [1.165, 1.54) is 0 Å². The molecule has 0 radical (unpaired) electrons. The zero-order chi connectivity index (χ0) is 15.9. The number of rotatable bonds is 8. The fraction of sp³-hybridized carbons (Fsp3) is 0.562. The molecule has 1 unspecified atom stereocenters. The maximum atomic E-state index is 11.9. The second kappa shape index (κ2) is 8.08. The number of hydrogen-bond donors (Lipinski definition) is 1. The minimum atomic E-state index is 0.0338. The molecule has 5 nitrogen and oxygen atoms in total. The highest BCUT2D eigenvalue weighted by molar-refractivity contribution is 7.08. The lowest BCUT2D eigenvalue weighted by Gasteiger charge is -2.14. The second-order valence-corrected chi connectivity index (χ2v) is 6.73. The topological polar surface area (TPSA) is 68.0 Å². The van der Waals surface area contributed by atoms with Crippen LogP contribution in [0.15, 0.2) is 21.2 Å². The zero-order valence-corrected chi connectivity index (χ0v) is 14.2. The van der Waals surface area contributed by atoms with Crippen LogP contribution in [0.5, 0.6) is 0 Å².